The minimum atomic E-state index is -0.898. The number of hydrogen-bond acceptors (Lipinski definition) is 15. The predicted molar refractivity (Wildman–Crippen MR) is 288 cm³/mol. The van der Waals surface area contributed by atoms with Crippen LogP contribution in [0, 0.1) is 5.41 Å². The third-order valence-electron chi connectivity index (χ3n) is 13.8. The quantitative estimate of drug-likeness (QED) is 0.0323. The number of halogens is 1. The van der Waals surface area contributed by atoms with E-state index in [4.69, 9.17) is 26.8 Å². The van der Waals surface area contributed by atoms with E-state index in [1.807, 2.05) is 27.7 Å². The zero-order valence-corrected chi connectivity index (χ0v) is 44.8. The van der Waals surface area contributed by atoms with Crippen molar-refractivity contribution in [3.63, 3.8) is 0 Å². The van der Waals surface area contributed by atoms with Crippen LogP contribution < -0.4 is 42.8 Å². The molecule has 3 aliphatic heterocycles. The topological polar surface area (TPSA) is 271 Å². The van der Waals surface area contributed by atoms with Gasteiger partial charge in [0.2, 0.25) is 23.6 Å². The summed E-state index contributed by atoms with van der Waals surface area (Å²) in [6.45, 7) is 9.94. The molecule has 3 aliphatic rings. The third-order valence-corrected chi connectivity index (χ3v) is 15.4. The van der Waals surface area contributed by atoms with Gasteiger partial charge in [-0.1, -0.05) is 86.5 Å². The predicted octanol–water partition coefficient (Wildman–Crippen LogP) is 7.82. The largest absolute Gasteiger partial charge is 0.444 e. The number of nitrogens with two attached hydrogens (primary N) is 1. The van der Waals surface area contributed by atoms with Crippen LogP contribution in [0.25, 0.3) is 10.8 Å². The second kappa shape index (κ2) is 26.0. The lowest BCUT2D eigenvalue weighted by atomic mass is 9.73. The number of carbonyl (C=O) groups is 6. The molecule has 20 nitrogen and oxygen atoms in total. The summed E-state index contributed by atoms with van der Waals surface area (Å²) in [6.07, 6.45) is 13.5. The highest BCUT2D eigenvalue weighted by atomic mass is 35.5. The van der Waals surface area contributed by atoms with Crippen LogP contribution in [0.5, 0.6) is 0 Å². The first-order valence-corrected chi connectivity index (χ1v) is 27.2. The summed E-state index contributed by atoms with van der Waals surface area (Å²) in [7, 11) is 0. The highest BCUT2D eigenvalue weighted by Crippen LogP contribution is 2.44. The fourth-order valence-corrected chi connectivity index (χ4v) is 10.9. The molecule has 75 heavy (non-hydrogen) atoms. The Hall–Kier alpha value is -6.32. The lowest BCUT2D eigenvalue weighted by Gasteiger charge is -2.43. The normalized spacial score (nSPS) is 18.4. The van der Waals surface area contributed by atoms with Gasteiger partial charge in [0.15, 0.2) is 5.82 Å². The number of alkyl carbamates (subject to hydrolysis) is 1. The number of hydrogen-bond donors (Lipinski definition) is 6. The molecule has 5 heterocycles. The number of carbonyl (C=O) groups excluding carboxylic acids is 6. The van der Waals surface area contributed by atoms with Crippen molar-refractivity contribution in [1.82, 2.24) is 35.7 Å². The number of anilines is 4. The summed E-state index contributed by atoms with van der Waals surface area (Å²) in [4.78, 5) is 100. The van der Waals surface area contributed by atoms with E-state index < -0.39 is 29.2 Å². The number of imide groups is 1. The van der Waals surface area contributed by atoms with Crippen LogP contribution in [0.15, 0.2) is 63.5 Å². The molecular formula is C53H70ClN11O9S. The van der Waals surface area contributed by atoms with Crippen molar-refractivity contribution in [3.05, 3.63) is 64.2 Å². The molecular weight excluding hydrogens is 1000 g/mol. The fraction of sp³-hybridized carbons (Fsp3) is 0.547. The van der Waals surface area contributed by atoms with Crippen LogP contribution in [0.3, 0.4) is 0 Å². The minimum absolute atomic E-state index is 0.00670. The number of amides is 6. The Morgan fingerprint density at radius 3 is 2.24 bits per heavy atom. The SMILES string of the molecule is C[C@@H]1OCC2(CCN(c3cnc(Sc4cccc(NC(=O)CCC(=O)NCCCCCCCCCCCC(=O)Nc5cccc6cnn(C7CCC(=O)NC7=O)c(=O)c56)c4Cl)c(N)n3)CC2)[C@@H]1NC(=O)OC(C)(C)C. The highest BCUT2D eigenvalue weighted by Gasteiger charge is 2.50. The first-order valence-electron chi connectivity index (χ1n) is 26.1. The van der Waals surface area contributed by atoms with Gasteiger partial charge in [-0.05, 0) is 78.0 Å². The summed E-state index contributed by atoms with van der Waals surface area (Å²) >= 11 is 8.00. The van der Waals surface area contributed by atoms with E-state index in [0.29, 0.717) is 76.6 Å². The van der Waals surface area contributed by atoms with E-state index in [1.165, 1.54) is 18.0 Å². The standard InChI is InChI=1S/C53H70ClN11O9S/c1-33-46(63-51(72)74-52(2,3)4)53(32-73-33)25-28-64(29-26-53)39-31-57-49(47(55)61-39)75-38-19-15-18-36(45(38)54)60-42(68)24-23-40(66)56-27-13-11-9-7-5-6-8-10-12-20-41(67)59-35-17-14-16-34-30-58-65(50(71)44(34)35)37-21-22-43(69)62-48(37)70/h14-19,30-31,33,37,46H,5-13,20-29,32H2,1-4H3,(H2,55,61)(H,56,66)(H,59,67)(H,60,68)(H,63,72)(H,62,69,70)/t33-,37?,46+/m0/s1. The molecule has 3 atom stereocenters. The molecule has 1 unspecified atom stereocenters. The molecule has 2 aromatic heterocycles. The van der Waals surface area contributed by atoms with Crippen LogP contribution in [0.4, 0.5) is 27.8 Å². The van der Waals surface area contributed by atoms with Crippen LogP contribution in [0.1, 0.15) is 136 Å². The van der Waals surface area contributed by atoms with E-state index in [-0.39, 0.29) is 78.1 Å². The Bertz CT molecular complexity index is 2780. The molecule has 0 bridgehead atoms. The van der Waals surface area contributed by atoms with E-state index in [0.717, 1.165) is 68.9 Å². The number of nitrogens with one attached hydrogen (secondary N) is 5. The molecule has 3 saturated heterocycles. The van der Waals surface area contributed by atoms with Gasteiger partial charge in [0.25, 0.3) is 11.5 Å². The Morgan fingerprint density at radius 1 is 0.880 bits per heavy atom. The van der Waals surface area contributed by atoms with Crippen molar-refractivity contribution < 1.29 is 38.2 Å². The Kier molecular flexibility index (Phi) is 19.5. The maximum absolute atomic E-state index is 13.4. The minimum Gasteiger partial charge on any atom is -0.444 e. The molecule has 2 aromatic carbocycles. The number of nitrogens with zero attached hydrogens (tertiary/aromatic N) is 5. The lowest BCUT2D eigenvalue weighted by molar-refractivity contribution is -0.136. The van der Waals surface area contributed by atoms with Gasteiger partial charge in [-0.3, -0.25) is 34.1 Å². The van der Waals surface area contributed by atoms with Gasteiger partial charge in [0.05, 0.1) is 52.9 Å². The Balaban J connectivity index is 0.731. The zero-order chi connectivity index (χ0) is 53.7. The molecule has 0 radical (unpaired) electrons. The monoisotopic (exact) mass is 1070 g/mol. The maximum Gasteiger partial charge on any atom is 0.407 e. The summed E-state index contributed by atoms with van der Waals surface area (Å²) < 4.78 is 12.7. The highest BCUT2D eigenvalue weighted by molar-refractivity contribution is 7.99. The molecule has 404 valence electrons. The van der Waals surface area contributed by atoms with E-state index >= 15 is 0 Å². The molecule has 7 rings (SSSR count). The second-order valence-corrected chi connectivity index (χ2v) is 22.0. The van der Waals surface area contributed by atoms with Gasteiger partial charge in [0, 0.05) is 61.0 Å². The van der Waals surface area contributed by atoms with E-state index in [2.05, 4.69) is 46.6 Å². The number of benzene rings is 2. The number of fused-ring (bicyclic) bond motifs is 1. The van der Waals surface area contributed by atoms with Crippen molar-refractivity contribution in [2.75, 3.05) is 47.5 Å². The number of piperidine rings is 2. The summed E-state index contributed by atoms with van der Waals surface area (Å²) in [5.74, 6) is -0.791. The van der Waals surface area contributed by atoms with Gasteiger partial charge in [-0.25, -0.2) is 19.4 Å². The number of aromatic nitrogens is 4. The molecule has 0 saturated carbocycles. The van der Waals surface area contributed by atoms with Gasteiger partial charge >= 0.3 is 6.09 Å². The average molecular weight is 1070 g/mol. The Morgan fingerprint density at radius 2 is 1.53 bits per heavy atom. The molecule has 22 heteroatoms. The second-order valence-electron chi connectivity index (χ2n) is 20.6. The van der Waals surface area contributed by atoms with Crippen molar-refractivity contribution in [3.8, 4) is 0 Å². The number of ether oxygens (including phenoxy) is 2. The first-order chi connectivity index (χ1) is 35.9. The van der Waals surface area contributed by atoms with Crippen LogP contribution >= 0.6 is 23.4 Å². The maximum atomic E-state index is 13.4. The van der Waals surface area contributed by atoms with Crippen LogP contribution in [-0.2, 0) is 33.4 Å². The number of rotatable bonds is 22. The van der Waals surface area contributed by atoms with Crippen molar-refractivity contribution in [1.29, 1.82) is 0 Å². The summed E-state index contributed by atoms with van der Waals surface area (Å²) in [6, 6.07) is 9.30. The summed E-state index contributed by atoms with van der Waals surface area (Å²) in [5.41, 5.74) is 5.88. The Labute approximate surface area is 446 Å². The van der Waals surface area contributed by atoms with Gasteiger partial charge in [0.1, 0.15) is 22.5 Å². The fourth-order valence-electron chi connectivity index (χ4n) is 9.79. The lowest BCUT2D eigenvalue weighted by Crippen LogP contribution is -2.55. The van der Waals surface area contributed by atoms with Gasteiger partial charge < -0.3 is 41.4 Å². The van der Waals surface area contributed by atoms with E-state index in [9.17, 15) is 33.6 Å². The molecule has 6 amide bonds. The first kappa shape index (κ1) is 56.4. The zero-order valence-electron chi connectivity index (χ0n) is 43.3. The molecule has 4 aromatic rings. The molecule has 3 fully saturated rings. The van der Waals surface area contributed by atoms with E-state index in [1.54, 1.807) is 42.6 Å². The van der Waals surface area contributed by atoms with Crippen LogP contribution in [-0.4, -0.2) is 99.4 Å². The number of nitrogen functional groups attached to an aromatic ring is 1. The van der Waals surface area contributed by atoms with Gasteiger partial charge in [-0.15, -0.1) is 0 Å². The average Bonchev–Trinajstić information content (AvgIpc) is 3.65. The van der Waals surface area contributed by atoms with Crippen molar-refractivity contribution >= 4 is 92.8 Å². The van der Waals surface area contributed by atoms with Crippen LogP contribution in [0.2, 0.25) is 5.02 Å². The molecule has 1 spiro atoms. The molecule has 0 aliphatic carbocycles. The van der Waals surface area contributed by atoms with Crippen molar-refractivity contribution in [2.45, 2.75) is 164 Å². The molecule has 7 N–H and O–H groups in total. The third kappa shape index (κ3) is 15.4. The smallest absolute Gasteiger partial charge is 0.407 e. The van der Waals surface area contributed by atoms with Crippen molar-refractivity contribution in [2.24, 2.45) is 5.41 Å². The van der Waals surface area contributed by atoms with Gasteiger partial charge in [-0.2, -0.15) is 5.10 Å². The summed E-state index contributed by atoms with van der Waals surface area (Å²) in [5, 5.41) is 19.7. The number of unbranched alkanes of at least 4 members (excludes halogenated alkanes) is 8.